The second-order valence-electron chi connectivity index (χ2n) is 7.61. The van der Waals surface area contributed by atoms with Crippen LogP contribution in [-0.2, 0) is 20.8 Å². The highest BCUT2D eigenvalue weighted by Crippen LogP contribution is 2.28. The van der Waals surface area contributed by atoms with Gasteiger partial charge >= 0.3 is 0 Å². The van der Waals surface area contributed by atoms with Crippen molar-refractivity contribution in [1.82, 2.24) is 16.1 Å². The van der Waals surface area contributed by atoms with Gasteiger partial charge in [-0.05, 0) is 42.9 Å². The highest BCUT2D eigenvalue weighted by Gasteiger charge is 2.24. The number of hydrogen-bond acceptors (Lipinski definition) is 5. The van der Waals surface area contributed by atoms with E-state index in [1.54, 1.807) is 24.3 Å². The van der Waals surface area contributed by atoms with Crippen LogP contribution in [0.1, 0.15) is 56.9 Å². The zero-order valence-corrected chi connectivity index (χ0v) is 16.7. The minimum Gasteiger partial charge on any atom is -0.508 e. The SMILES string of the molecule is O=C(C[C@@H](NC(=O)CCCC1CCCC1)C(=O)NCCc1ccc(O)cc1)NO. The molecular weight excluding hydrogens is 374 g/mol. The van der Waals surface area contributed by atoms with Crippen LogP contribution in [0.3, 0.4) is 0 Å². The maximum absolute atomic E-state index is 12.4. The quantitative estimate of drug-likeness (QED) is 0.283. The molecule has 8 heteroatoms. The van der Waals surface area contributed by atoms with Gasteiger partial charge in [0, 0.05) is 13.0 Å². The number of hydrogen-bond donors (Lipinski definition) is 5. The number of carbonyl (C=O) groups is 3. The average Bonchev–Trinajstić information content (AvgIpc) is 3.22. The molecule has 29 heavy (non-hydrogen) atoms. The van der Waals surface area contributed by atoms with E-state index >= 15 is 0 Å². The van der Waals surface area contributed by atoms with E-state index in [4.69, 9.17) is 5.21 Å². The van der Waals surface area contributed by atoms with Crippen LogP contribution in [0, 0.1) is 5.92 Å². The van der Waals surface area contributed by atoms with E-state index in [-0.39, 0.29) is 18.1 Å². The second kappa shape index (κ2) is 12.1. The Hall–Kier alpha value is -2.61. The topological polar surface area (TPSA) is 128 Å². The van der Waals surface area contributed by atoms with E-state index < -0.39 is 17.9 Å². The Morgan fingerprint density at radius 3 is 2.41 bits per heavy atom. The fourth-order valence-corrected chi connectivity index (χ4v) is 3.67. The molecule has 0 aromatic heterocycles. The van der Waals surface area contributed by atoms with Gasteiger partial charge in [-0.2, -0.15) is 0 Å². The lowest BCUT2D eigenvalue weighted by atomic mass is 10.0. The van der Waals surface area contributed by atoms with Crippen LogP contribution in [0.15, 0.2) is 24.3 Å². The first-order valence-corrected chi connectivity index (χ1v) is 10.3. The third kappa shape index (κ3) is 8.51. The summed E-state index contributed by atoms with van der Waals surface area (Å²) in [6, 6.07) is 5.60. The summed E-state index contributed by atoms with van der Waals surface area (Å²) in [5.74, 6) is -0.621. The molecule has 8 nitrogen and oxygen atoms in total. The highest BCUT2D eigenvalue weighted by molar-refractivity contribution is 5.91. The van der Waals surface area contributed by atoms with Crippen LogP contribution in [0.2, 0.25) is 0 Å². The second-order valence-corrected chi connectivity index (χ2v) is 7.61. The first-order valence-electron chi connectivity index (χ1n) is 10.3. The number of phenolic OH excluding ortho intramolecular Hbond substituents is 1. The number of nitrogens with one attached hydrogen (secondary N) is 3. The first-order chi connectivity index (χ1) is 14.0. The molecule has 0 unspecified atom stereocenters. The van der Waals surface area contributed by atoms with Gasteiger partial charge in [-0.15, -0.1) is 0 Å². The molecule has 0 radical (unpaired) electrons. The molecule has 3 amide bonds. The van der Waals surface area contributed by atoms with Crippen molar-refractivity contribution >= 4 is 17.7 Å². The molecule has 1 aromatic carbocycles. The van der Waals surface area contributed by atoms with Crippen LogP contribution >= 0.6 is 0 Å². The summed E-state index contributed by atoms with van der Waals surface area (Å²) >= 11 is 0. The van der Waals surface area contributed by atoms with Crippen LogP contribution in [0.5, 0.6) is 5.75 Å². The molecule has 0 aliphatic heterocycles. The molecule has 0 heterocycles. The van der Waals surface area contributed by atoms with Gasteiger partial charge in [0.05, 0.1) is 6.42 Å². The van der Waals surface area contributed by atoms with Crippen molar-refractivity contribution in [2.75, 3.05) is 6.54 Å². The summed E-state index contributed by atoms with van der Waals surface area (Å²) in [5.41, 5.74) is 2.43. The summed E-state index contributed by atoms with van der Waals surface area (Å²) in [6.07, 6.45) is 7.27. The van der Waals surface area contributed by atoms with Crippen molar-refractivity contribution in [2.45, 2.75) is 63.8 Å². The summed E-state index contributed by atoms with van der Waals surface area (Å²) < 4.78 is 0. The fraction of sp³-hybridized carbons (Fsp3) is 0.571. The fourth-order valence-electron chi connectivity index (χ4n) is 3.67. The third-order valence-corrected chi connectivity index (χ3v) is 5.31. The molecule has 1 aliphatic rings. The molecule has 1 aromatic rings. The molecule has 1 aliphatic carbocycles. The first kappa shape index (κ1) is 22.7. The van der Waals surface area contributed by atoms with Gasteiger partial charge in [-0.25, -0.2) is 5.48 Å². The van der Waals surface area contributed by atoms with E-state index in [1.807, 2.05) is 0 Å². The molecule has 160 valence electrons. The highest BCUT2D eigenvalue weighted by atomic mass is 16.5. The van der Waals surface area contributed by atoms with E-state index in [9.17, 15) is 19.5 Å². The Kier molecular flexibility index (Phi) is 9.43. The molecular formula is C21H31N3O5. The van der Waals surface area contributed by atoms with Gasteiger partial charge in [0.25, 0.3) is 0 Å². The Labute approximate surface area is 171 Å². The number of aromatic hydroxyl groups is 1. The van der Waals surface area contributed by atoms with E-state index in [0.717, 1.165) is 18.4 Å². The third-order valence-electron chi connectivity index (χ3n) is 5.31. The van der Waals surface area contributed by atoms with Crippen molar-refractivity contribution in [3.8, 4) is 5.75 Å². The zero-order chi connectivity index (χ0) is 21.1. The smallest absolute Gasteiger partial charge is 0.245 e. The largest absolute Gasteiger partial charge is 0.508 e. The van der Waals surface area contributed by atoms with E-state index in [1.165, 1.54) is 31.2 Å². The molecule has 1 atom stereocenters. The van der Waals surface area contributed by atoms with Gasteiger partial charge in [-0.3, -0.25) is 19.6 Å². The minimum atomic E-state index is -1.04. The molecule has 0 spiro atoms. The van der Waals surface area contributed by atoms with E-state index in [2.05, 4.69) is 10.6 Å². The Morgan fingerprint density at radius 2 is 1.76 bits per heavy atom. The Bertz CT molecular complexity index is 671. The number of phenols is 1. The number of amides is 3. The monoisotopic (exact) mass is 405 g/mol. The maximum atomic E-state index is 12.4. The average molecular weight is 405 g/mol. The lowest BCUT2D eigenvalue weighted by Gasteiger charge is -2.18. The summed E-state index contributed by atoms with van der Waals surface area (Å²) in [6.45, 7) is 0.318. The van der Waals surface area contributed by atoms with Crippen molar-refractivity contribution < 1.29 is 24.7 Å². The summed E-state index contributed by atoms with van der Waals surface area (Å²) in [4.78, 5) is 36.2. The number of rotatable bonds is 11. The van der Waals surface area contributed by atoms with Crippen LogP contribution in [-0.4, -0.2) is 40.6 Å². The Balaban J connectivity index is 1.78. The lowest BCUT2D eigenvalue weighted by molar-refractivity contribution is -0.135. The van der Waals surface area contributed by atoms with Crippen molar-refractivity contribution in [2.24, 2.45) is 5.92 Å². The predicted octanol–water partition coefficient (Wildman–Crippen LogP) is 1.79. The van der Waals surface area contributed by atoms with Gasteiger partial charge in [0.15, 0.2) is 0 Å². The molecule has 0 saturated heterocycles. The molecule has 1 saturated carbocycles. The zero-order valence-electron chi connectivity index (χ0n) is 16.7. The number of hydroxylamine groups is 1. The molecule has 0 bridgehead atoms. The summed E-state index contributed by atoms with van der Waals surface area (Å²) in [7, 11) is 0. The molecule has 1 fully saturated rings. The Morgan fingerprint density at radius 1 is 1.07 bits per heavy atom. The standard InChI is InChI=1S/C21H31N3O5/c25-17-10-8-16(9-11-17)12-13-22-21(28)18(14-20(27)24-29)23-19(26)7-3-6-15-4-1-2-5-15/h8-11,15,18,25,29H,1-7,12-14H2,(H,22,28)(H,23,26)(H,24,27)/t18-/m1/s1. The maximum Gasteiger partial charge on any atom is 0.245 e. The normalized spacial score (nSPS) is 14.9. The predicted molar refractivity (Wildman–Crippen MR) is 107 cm³/mol. The lowest BCUT2D eigenvalue weighted by Crippen LogP contribution is -2.49. The molecule has 5 N–H and O–H groups in total. The minimum absolute atomic E-state index is 0.170. The van der Waals surface area contributed by atoms with Crippen LogP contribution in [0.4, 0.5) is 0 Å². The van der Waals surface area contributed by atoms with Gasteiger partial charge in [-0.1, -0.05) is 37.8 Å². The number of carbonyl (C=O) groups excluding carboxylic acids is 3. The van der Waals surface area contributed by atoms with Crippen LogP contribution in [0.25, 0.3) is 0 Å². The van der Waals surface area contributed by atoms with Crippen LogP contribution < -0.4 is 16.1 Å². The van der Waals surface area contributed by atoms with Gasteiger partial charge in [0.1, 0.15) is 11.8 Å². The number of benzene rings is 1. The van der Waals surface area contributed by atoms with Crippen molar-refractivity contribution in [3.05, 3.63) is 29.8 Å². The van der Waals surface area contributed by atoms with Crippen molar-refractivity contribution in [1.29, 1.82) is 0 Å². The van der Waals surface area contributed by atoms with Gasteiger partial charge < -0.3 is 15.7 Å². The molecule has 2 rings (SSSR count). The van der Waals surface area contributed by atoms with Crippen molar-refractivity contribution in [3.63, 3.8) is 0 Å². The van der Waals surface area contributed by atoms with Gasteiger partial charge in [0.2, 0.25) is 17.7 Å². The van der Waals surface area contributed by atoms with E-state index in [0.29, 0.717) is 25.3 Å². The summed E-state index contributed by atoms with van der Waals surface area (Å²) in [5, 5.41) is 23.3.